The van der Waals surface area contributed by atoms with E-state index >= 15 is 0 Å². The molecule has 0 bridgehead atoms. The first kappa shape index (κ1) is 19.5. The van der Waals surface area contributed by atoms with Gasteiger partial charge < -0.3 is 20.1 Å². The first-order valence-electron chi connectivity index (χ1n) is 9.63. The van der Waals surface area contributed by atoms with E-state index < -0.39 is 23.9 Å². The number of carbonyl (C=O) groups is 1. The van der Waals surface area contributed by atoms with Crippen molar-refractivity contribution in [2.75, 3.05) is 13.2 Å². The van der Waals surface area contributed by atoms with Gasteiger partial charge in [-0.3, -0.25) is 0 Å². The number of ether oxygens (including phenoxy) is 1. The summed E-state index contributed by atoms with van der Waals surface area (Å²) in [4.78, 5) is 14.5. The van der Waals surface area contributed by atoms with Crippen molar-refractivity contribution in [1.29, 1.82) is 0 Å². The molecule has 1 aromatic carbocycles. The molecule has 0 spiro atoms. The zero-order valence-electron chi connectivity index (χ0n) is 15.9. The summed E-state index contributed by atoms with van der Waals surface area (Å²) in [5.74, 6) is 0.288. The quantitative estimate of drug-likeness (QED) is 0.803. The largest absolute Gasteiger partial charge is 0.416 e. The van der Waals surface area contributed by atoms with Crippen molar-refractivity contribution < 1.29 is 27.8 Å². The summed E-state index contributed by atoms with van der Waals surface area (Å²) in [5, 5.41) is 13.2. The summed E-state index contributed by atoms with van der Waals surface area (Å²) >= 11 is 0. The van der Waals surface area contributed by atoms with Gasteiger partial charge >= 0.3 is 12.2 Å². The highest BCUT2D eigenvalue weighted by atomic mass is 19.4. The molecule has 0 radical (unpaired) electrons. The molecule has 2 saturated heterocycles. The Balaban J connectivity index is 1.49. The molecule has 1 aliphatic carbocycles. The van der Waals surface area contributed by atoms with Crippen molar-refractivity contribution in [2.24, 2.45) is 11.3 Å². The molecule has 5 atom stereocenters. The van der Waals surface area contributed by atoms with Crippen LogP contribution in [0.3, 0.4) is 0 Å². The molecule has 1 aromatic rings. The SMILES string of the molecule is CC1(C)[C@H](NC(=O)N2C[C@H](O)C[C@@H]2c2ccc(C(F)(F)F)cc2)[C@@H]2CCO[C@H]21. The number of aliphatic hydroxyl groups excluding tert-OH is 1. The predicted octanol–water partition coefficient (Wildman–Crippen LogP) is 3.34. The lowest BCUT2D eigenvalue weighted by atomic mass is 9.57. The molecule has 8 heteroatoms. The summed E-state index contributed by atoms with van der Waals surface area (Å²) < 4.78 is 44.2. The van der Waals surface area contributed by atoms with Crippen molar-refractivity contribution >= 4 is 6.03 Å². The fourth-order valence-electron chi connectivity index (χ4n) is 5.08. The molecule has 0 unspecified atom stereocenters. The van der Waals surface area contributed by atoms with E-state index in [0.717, 1.165) is 18.6 Å². The average molecular weight is 398 g/mol. The summed E-state index contributed by atoms with van der Waals surface area (Å²) in [6.45, 7) is 4.99. The Kier molecular flexibility index (Phi) is 4.62. The van der Waals surface area contributed by atoms with Gasteiger partial charge in [0.15, 0.2) is 0 Å². The minimum Gasteiger partial charge on any atom is -0.391 e. The Morgan fingerprint density at radius 2 is 1.96 bits per heavy atom. The van der Waals surface area contributed by atoms with Crippen LogP contribution in [0.25, 0.3) is 0 Å². The number of halogens is 3. The second-order valence-corrected chi connectivity index (χ2v) is 8.67. The third-order valence-electron chi connectivity index (χ3n) is 6.54. The molecule has 1 saturated carbocycles. The maximum Gasteiger partial charge on any atom is 0.416 e. The molecule has 0 aromatic heterocycles. The number of nitrogens with one attached hydrogen (secondary N) is 1. The number of alkyl halides is 3. The first-order chi connectivity index (χ1) is 13.1. The van der Waals surface area contributed by atoms with E-state index in [9.17, 15) is 23.1 Å². The molecule has 2 heterocycles. The number of rotatable bonds is 2. The Morgan fingerprint density at radius 1 is 1.29 bits per heavy atom. The van der Waals surface area contributed by atoms with Crippen LogP contribution >= 0.6 is 0 Å². The molecule has 28 heavy (non-hydrogen) atoms. The van der Waals surface area contributed by atoms with Crippen LogP contribution in [0.4, 0.5) is 18.0 Å². The van der Waals surface area contributed by atoms with Crippen molar-refractivity contribution in [3.8, 4) is 0 Å². The molecule has 2 aliphatic heterocycles. The summed E-state index contributed by atoms with van der Waals surface area (Å²) in [5.41, 5.74) is -0.303. The van der Waals surface area contributed by atoms with Gasteiger partial charge in [0.25, 0.3) is 0 Å². The number of aliphatic hydroxyl groups is 1. The van der Waals surface area contributed by atoms with E-state index in [1.54, 1.807) is 0 Å². The van der Waals surface area contributed by atoms with Crippen molar-refractivity contribution in [3.05, 3.63) is 35.4 Å². The lowest BCUT2D eigenvalue weighted by Crippen LogP contribution is -2.67. The molecular weight excluding hydrogens is 373 g/mol. The van der Waals surface area contributed by atoms with Gasteiger partial charge in [-0.25, -0.2) is 4.79 Å². The Hall–Kier alpha value is -1.80. The smallest absolute Gasteiger partial charge is 0.391 e. The number of amides is 2. The minimum atomic E-state index is -4.40. The van der Waals surface area contributed by atoms with Crippen molar-refractivity contribution in [3.63, 3.8) is 0 Å². The van der Waals surface area contributed by atoms with Gasteiger partial charge in [-0.15, -0.1) is 0 Å². The van der Waals surface area contributed by atoms with E-state index in [2.05, 4.69) is 19.2 Å². The number of β-amino-alcohol motifs (C(OH)–C–C–N with tert-alkyl or cyclic N) is 1. The third-order valence-corrected chi connectivity index (χ3v) is 6.54. The predicted molar refractivity (Wildman–Crippen MR) is 95.5 cm³/mol. The first-order valence-corrected chi connectivity index (χ1v) is 9.63. The van der Waals surface area contributed by atoms with Gasteiger partial charge in [-0.2, -0.15) is 13.2 Å². The number of nitrogens with zero attached hydrogens (tertiary/aromatic N) is 1. The Labute approximate surface area is 161 Å². The standard InChI is InChI=1S/C20H25F3N2O3/c1-19(2)16(14-7-8-28-17(14)19)24-18(27)25-10-13(26)9-15(25)11-3-5-12(6-4-11)20(21,22)23/h3-6,13-17,26H,7-10H2,1-2H3,(H,24,27)/t13-,14+,15-,16-,17-/m1/s1. The fourth-order valence-corrected chi connectivity index (χ4v) is 5.08. The van der Waals surface area contributed by atoms with Crippen molar-refractivity contribution in [2.45, 2.75) is 57.2 Å². The normalized spacial score (nSPS) is 34.1. The number of likely N-dealkylation sites (tertiary alicyclic amines) is 1. The monoisotopic (exact) mass is 398 g/mol. The zero-order valence-corrected chi connectivity index (χ0v) is 15.9. The third kappa shape index (κ3) is 3.16. The minimum absolute atomic E-state index is 0.0153. The molecule has 5 nitrogen and oxygen atoms in total. The van der Waals surface area contributed by atoms with Crippen LogP contribution in [0.2, 0.25) is 0 Å². The summed E-state index contributed by atoms with van der Waals surface area (Å²) in [6.07, 6.45) is -3.74. The number of hydrogen-bond acceptors (Lipinski definition) is 3. The molecule has 3 aliphatic rings. The highest BCUT2D eigenvalue weighted by Gasteiger charge is 2.60. The van der Waals surface area contributed by atoms with E-state index in [4.69, 9.17) is 4.74 Å². The summed E-state index contributed by atoms with van der Waals surface area (Å²) in [6, 6.07) is 4.07. The number of benzene rings is 1. The van der Waals surface area contributed by atoms with Crippen LogP contribution in [0, 0.1) is 11.3 Å². The summed E-state index contributed by atoms with van der Waals surface area (Å²) in [7, 11) is 0. The number of carbonyl (C=O) groups excluding carboxylic acids is 1. The maximum atomic E-state index is 13.0. The second-order valence-electron chi connectivity index (χ2n) is 8.67. The molecule has 2 N–H and O–H groups in total. The number of urea groups is 1. The number of hydrogen-bond donors (Lipinski definition) is 2. The molecule has 154 valence electrons. The molecule has 4 rings (SSSR count). The Bertz CT molecular complexity index is 750. The fraction of sp³-hybridized carbons (Fsp3) is 0.650. The van der Waals surface area contributed by atoms with Crippen LogP contribution in [-0.4, -0.2) is 47.4 Å². The Morgan fingerprint density at radius 3 is 2.61 bits per heavy atom. The van der Waals surface area contributed by atoms with Gasteiger partial charge in [-0.1, -0.05) is 26.0 Å². The molecule has 3 fully saturated rings. The second kappa shape index (κ2) is 6.62. The van der Waals surface area contributed by atoms with Crippen LogP contribution in [0.1, 0.15) is 43.9 Å². The molecular formula is C20H25F3N2O3. The van der Waals surface area contributed by atoms with Gasteiger partial charge in [0, 0.05) is 30.5 Å². The lowest BCUT2D eigenvalue weighted by Gasteiger charge is -2.54. The average Bonchev–Trinajstić information content (AvgIpc) is 3.24. The highest BCUT2D eigenvalue weighted by molar-refractivity contribution is 5.76. The van der Waals surface area contributed by atoms with Crippen LogP contribution in [-0.2, 0) is 10.9 Å². The van der Waals surface area contributed by atoms with E-state index in [0.29, 0.717) is 18.6 Å². The number of fused-ring (bicyclic) bond motifs is 1. The van der Waals surface area contributed by atoms with Crippen molar-refractivity contribution in [1.82, 2.24) is 10.2 Å². The van der Waals surface area contributed by atoms with Gasteiger partial charge in [-0.05, 0) is 30.5 Å². The molecule has 2 amide bonds. The lowest BCUT2D eigenvalue weighted by molar-refractivity contribution is -0.137. The topological polar surface area (TPSA) is 61.8 Å². The van der Waals surface area contributed by atoms with Gasteiger partial charge in [0.2, 0.25) is 0 Å². The maximum absolute atomic E-state index is 13.0. The highest BCUT2D eigenvalue weighted by Crippen LogP contribution is 2.52. The van der Waals surface area contributed by atoms with Crippen LogP contribution in [0.15, 0.2) is 24.3 Å². The van der Waals surface area contributed by atoms with Crippen LogP contribution < -0.4 is 5.32 Å². The van der Waals surface area contributed by atoms with Crippen LogP contribution in [0.5, 0.6) is 0 Å². The van der Waals surface area contributed by atoms with Gasteiger partial charge in [0.05, 0.1) is 23.8 Å². The van der Waals surface area contributed by atoms with E-state index in [1.165, 1.54) is 17.0 Å². The zero-order chi connectivity index (χ0) is 20.3. The van der Waals surface area contributed by atoms with E-state index in [-0.39, 0.29) is 36.1 Å². The van der Waals surface area contributed by atoms with E-state index in [1.807, 2.05) is 0 Å². The van der Waals surface area contributed by atoms with Gasteiger partial charge in [0.1, 0.15) is 0 Å².